The lowest BCUT2D eigenvalue weighted by molar-refractivity contribution is 0.0190. The van der Waals surface area contributed by atoms with Crippen molar-refractivity contribution in [2.24, 2.45) is 4.99 Å². The Morgan fingerprint density at radius 2 is 1.57 bits per heavy atom. The molecule has 0 heterocycles. The van der Waals surface area contributed by atoms with E-state index in [0.717, 1.165) is 12.4 Å². The maximum atomic E-state index is 12.2. The highest BCUT2D eigenvalue weighted by atomic mass is 127. The highest BCUT2D eigenvalue weighted by Crippen LogP contribution is 2.12. The van der Waals surface area contributed by atoms with Crippen LogP contribution in [0.2, 0.25) is 0 Å². The number of nitrogens with zero attached hydrogens (tertiary/aromatic N) is 4. The molecule has 0 aromatic rings. The van der Waals surface area contributed by atoms with E-state index in [0.29, 0.717) is 13.1 Å². The van der Waals surface area contributed by atoms with Crippen LogP contribution in [0.5, 0.6) is 0 Å². The van der Waals surface area contributed by atoms with Crippen LogP contribution in [-0.4, -0.2) is 79.7 Å². The van der Waals surface area contributed by atoms with E-state index in [1.165, 1.54) is 0 Å². The number of rotatable bonds is 5. The van der Waals surface area contributed by atoms with Gasteiger partial charge in [-0.15, -0.1) is 24.0 Å². The molecule has 6 nitrogen and oxygen atoms in total. The van der Waals surface area contributed by atoms with Gasteiger partial charge in [0.2, 0.25) is 0 Å². The first-order chi connectivity index (χ1) is 9.95. The molecule has 0 bridgehead atoms. The number of carbonyl (C=O) groups excluding carboxylic acids is 1. The first-order valence-corrected chi connectivity index (χ1v) is 7.84. The van der Waals surface area contributed by atoms with Crippen molar-refractivity contribution >= 4 is 36.0 Å². The molecule has 1 amide bonds. The zero-order chi connectivity index (χ0) is 17.5. The number of carbonyl (C=O) groups is 1. The molecule has 0 radical (unpaired) electrons. The molecule has 0 N–H and O–H groups in total. The topological polar surface area (TPSA) is 48.4 Å². The molecule has 0 fully saturated rings. The van der Waals surface area contributed by atoms with Gasteiger partial charge in [0.15, 0.2) is 5.96 Å². The first kappa shape index (κ1) is 24.5. The van der Waals surface area contributed by atoms with Gasteiger partial charge in [-0.2, -0.15) is 0 Å². The van der Waals surface area contributed by atoms with E-state index in [1.807, 2.05) is 72.6 Å². The summed E-state index contributed by atoms with van der Waals surface area (Å²) >= 11 is 0. The number of guanidine groups is 1. The second-order valence-electron chi connectivity index (χ2n) is 7.09. The SMILES string of the molecule is CC(C)N(CCCN=C(N(C)C)N(C)C)C(=O)OC(C)(C)C.I. The number of halogens is 1. The number of hydrogen-bond donors (Lipinski definition) is 0. The van der Waals surface area contributed by atoms with Gasteiger partial charge in [-0.1, -0.05) is 0 Å². The van der Waals surface area contributed by atoms with Crippen molar-refractivity contribution < 1.29 is 9.53 Å². The van der Waals surface area contributed by atoms with E-state index >= 15 is 0 Å². The summed E-state index contributed by atoms with van der Waals surface area (Å²) in [5.74, 6) is 0.924. The third kappa shape index (κ3) is 10.6. The molecule has 7 heteroatoms. The molecule has 0 rings (SSSR count). The predicted molar refractivity (Wildman–Crippen MR) is 108 cm³/mol. The van der Waals surface area contributed by atoms with Crippen molar-refractivity contribution in [3.63, 3.8) is 0 Å². The highest BCUT2D eigenvalue weighted by molar-refractivity contribution is 14.0. The zero-order valence-corrected chi connectivity index (χ0v) is 18.5. The largest absolute Gasteiger partial charge is 0.444 e. The van der Waals surface area contributed by atoms with Gasteiger partial charge in [0, 0.05) is 47.3 Å². The van der Waals surface area contributed by atoms with E-state index in [9.17, 15) is 4.79 Å². The average Bonchev–Trinajstić information content (AvgIpc) is 2.29. The van der Waals surface area contributed by atoms with Crippen molar-refractivity contribution in [2.45, 2.75) is 52.7 Å². The minimum atomic E-state index is -0.467. The zero-order valence-electron chi connectivity index (χ0n) is 16.2. The van der Waals surface area contributed by atoms with E-state index in [-0.39, 0.29) is 36.1 Å². The monoisotopic (exact) mass is 442 g/mol. The molecule has 0 saturated carbocycles. The van der Waals surface area contributed by atoms with Gasteiger partial charge in [-0.3, -0.25) is 4.99 Å². The molecule has 0 aliphatic carbocycles. The minimum absolute atomic E-state index is 0. The number of amides is 1. The average molecular weight is 442 g/mol. The summed E-state index contributed by atoms with van der Waals surface area (Å²) in [5, 5.41) is 0. The molecule has 0 aromatic carbocycles. The summed E-state index contributed by atoms with van der Waals surface area (Å²) in [6.45, 7) is 11.0. The van der Waals surface area contributed by atoms with Crippen molar-refractivity contribution in [3.05, 3.63) is 0 Å². The van der Waals surface area contributed by atoms with Crippen LogP contribution < -0.4 is 0 Å². The van der Waals surface area contributed by atoms with Gasteiger partial charge in [-0.05, 0) is 41.0 Å². The van der Waals surface area contributed by atoms with Gasteiger partial charge in [0.1, 0.15) is 5.60 Å². The molecular weight excluding hydrogens is 407 g/mol. The Kier molecular flexibility index (Phi) is 11.7. The van der Waals surface area contributed by atoms with Crippen molar-refractivity contribution in [1.29, 1.82) is 0 Å². The fourth-order valence-electron chi connectivity index (χ4n) is 1.98. The molecule has 23 heavy (non-hydrogen) atoms. The van der Waals surface area contributed by atoms with Crippen LogP contribution in [0.4, 0.5) is 4.79 Å². The number of aliphatic imine (C=N–C) groups is 1. The lowest BCUT2D eigenvalue weighted by Gasteiger charge is -2.30. The van der Waals surface area contributed by atoms with Crippen molar-refractivity contribution in [1.82, 2.24) is 14.7 Å². The maximum Gasteiger partial charge on any atom is 0.410 e. The Labute approximate surface area is 159 Å². The molecule has 0 aliphatic heterocycles. The Balaban J connectivity index is 0. The Bertz CT molecular complexity index is 367. The third-order valence-electron chi connectivity index (χ3n) is 2.86. The number of hydrogen-bond acceptors (Lipinski definition) is 3. The summed E-state index contributed by atoms with van der Waals surface area (Å²) < 4.78 is 5.45. The van der Waals surface area contributed by atoms with E-state index in [2.05, 4.69) is 4.99 Å². The summed E-state index contributed by atoms with van der Waals surface area (Å²) in [6.07, 6.45) is 0.551. The lowest BCUT2D eigenvalue weighted by Crippen LogP contribution is -2.41. The third-order valence-corrected chi connectivity index (χ3v) is 2.86. The first-order valence-electron chi connectivity index (χ1n) is 7.84. The minimum Gasteiger partial charge on any atom is -0.444 e. The number of ether oxygens (including phenoxy) is 1. The highest BCUT2D eigenvalue weighted by Gasteiger charge is 2.23. The van der Waals surface area contributed by atoms with Crippen LogP contribution in [0, 0.1) is 0 Å². The van der Waals surface area contributed by atoms with E-state index < -0.39 is 5.60 Å². The van der Waals surface area contributed by atoms with Gasteiger partial charge < -0.3 is 19.4 Å². The van der Waals surface area contributed by atoms with Crippen LogP contribution >= 0.6 is 24.0 Å². The molecule has 0 spiro atoms. The molecule has 0 atom stereocenters. The van der Waals surface area contributed by atoms with E-state index in [1.54, 1.807) is 4.90 Å². The Morgan fingerprint density at radius 3 is 1.91 bits per heavy atom. The fraction of sp³-hybridized carbons (Fsp3) is 0.875. The summed E-state index contributed by atoms with van der Waals surface area (Å²) in [5.41, 5.74) is -0.467. The van der Waals surface area contributed by atoms with Crippen LogP contribution in [0.1, 0.15) is 41.0 Å². The Morgan fingerprint density at radius 1 is 1.09 bits per heavy atom. The van der Waals surface area contributed by atoms with Crippen LogP contribution in [0.25, 0.3) is 0 Å². The molecule has 0 aliphatic rings. The van der Waals surface area contributed by atoms with Crippen LogP contribution in [0.15, 0.2) is 4.99 Å². The van der Waals surface area contributed by atoms with Gasteiger partial charge in [0.05, 0.1) is 0 Å². The maximum absolute atomic E-state index is 12.2. The molecule has 0 aromatic heterocycles. The second-order valence-corrected chi connectivity index (χ2v) is 7.09. The smallest absolute Gasteiger partial charge is 0.410 e. The standard InChI is InChI=1S/C16H34N4O2.HI/c1-13(2)20(15(21)22-16(3,4)5)12-10-11-17-14(18(6)7)19(8)9;/h13H,10-12H2,1-9H3;1H. The quantitative estimate of drug-likeness (QED) is 0.284. The molecular formula is C16H35IN4O2. The van der Waals surface area contributed by atoms with E-state index in [4.69, 9.17) is 4.74 Å². The van der Waals surface area contributed by atoms with Crippen LogP contribution in [-0.2, 0) is 4.74 Å². The Hall–Kier alpha value is -0.730. The molecule has 138 valence electrons. The van der Waals surface area contributed by atoms with Gasteiger partial charge in [0.25, 0.3) is 0 Å². The molecule has 0 saturated heterocycles. The predicted octanol–water partition coefficient (Wildman–Crippen LogP) is 3.12. The molecule has 0 unspecified atom stereocenters. The normalized spacial score (nSPS) is 10.7. The van der Waals surface area contributed by atoms with Crippen molar-refractivity contribution in [2.75, 3.05) is 41.3 Å². The summed E-state index contributed by atoms with van der Waals surface area (Å²) in [4.78, 5) is 22.5. The summed E-state index contributed by atoms with van der Waals surface area (Å²) in [7, 11) is 7.89. The van der Waals surface area contributed by atoms with Gasteiger partial charge >= 0.3 is 6.09 Å². The van der Waals surface area contributed by atoms with Crippen molar-refractivity contribution in [3.8, 4) is 0 Å². The van der Waals surface area contributed by atoms with Crippen LogP contribution in [0.3, 0.4) is 0 Å². The van der Waals surface area contributed by atoms with Gasteiger partial charge in [-0.25, -0.2) is 4.79 Å². The summed E-state index contributed by atoms with van der Waals surface area (Å²) in [6, 6.07) is 0.112. The fourth-order valence-corrected chi connectivity index (χ4v) is 1.98. The second kappa shape index (κ2) is 10.9. The lowest BCUT2D eigenvalue weighted by atomic mass is 10.2.